The van der Waals surface area contributed by atoms with Gasteiger partial charge in [-0.15, -0.1) is 0 Å². The summed E-state index contributed by atoms with van der Waals surface area (Å²) in [5, 5.41) is 0. The third kappa shape index (κ3) is 1.42. The first-order valence-electron chi connectivity index (χ1n) is 2.09. The molecule has 2 bridgehead atoms. The number of fused-ring (bicyclic) bond motifs is 2. The molecule has 2 saturated heterocycles. The van der Waals surface area contributed by atoms with Crippen LogP contribution < -0.4 is 0 Å². The van der Waals surface area contributed by atoms with Crippen molar-refractivity contribution in [3.63, 3.8) is 0 Å². The Labute approximate surface area is 65.3 Å². The van der Waals surface area contributed by atoms with Gasteiger partial charge >= 0.3 is 0 Å². The van der Waals surface area contributed by atoms with E-state index in [2.05, 4.69) is 0 Å². The number of hydrogen-bond donors (Lipinski definition) is 0. The molecule has 12 radical (unpaired) electrons. The van der Waals surface area contributed by atoms with E-state index in [1.165, 1.54) is 43.4 Å². The molecule has 2 rings (SSSR count). The quantitative estimate of drug-likeness (QED) is 0.387. The molecule has 34 valence electrons. The lowest BCUT2D eigenvalue weighted by Crippen LogP contribution is -2.16. The summed E-state index contributed by atoms with van der Waals surface area (Å²) in [6, 6.07) is 0. The van der Waals surface area contributed by atoms with Crippen LogP contribution in [0.4, 0.5) is 0 Å². The molecule has 0 spiro atoms. The zero-order valence-electron chi connectivity index (χ0n) is 3.89. The Hall–Kier alpha value is 2.16. The molecule has 0 nitrogen and oxygen atoms in total. The van der Waals surface area contributed by atoms with Crippen LogP contribution in [-0.2, 0) is 0 Å². The van der Waals surface area contributed by atoms with Crippen molar-refractivity contribution in [2.24, 2.45) is 0 Å². The van der Waals surface area contributed by atoms with E-state index in [1.54, 1.807) is 8.85 Å². The van der Waals surface area contributed by atoms with Gasteiger partial charge in [-0.05, 0) is 0 Å². The minimum absolute atomic E-state index is 0.748. The fourth-order valence-electron chi connectivity index (χ4n) is 0.493. The first-order chi connectivity index (χ1) is 3.95. The van der Waals surface area contributed by atoms with Crippen molar-refractivity contribution < 1.29 is 0 Å². The Morgan fingerprint density at radius 1 is 0.750 bits per heavy atom. The first kappa shape index (κ1) is 6.85. The molecule has 2 fully saturated rings. The van der Waals surface area contributed by atoms with Crippen molar-refractivity contribution in [3.8, 4) is 0 Å². The normalized spacial score (nSPS) is 45.0. The summed E-state index contributed by atoms with van der Waals surface area (Å²) in [5.74, 6) is 0. The molecule has 2 aliphatic rings. The molecule has 0 aliphatic carbocycles. The van der Waals surface area contributed by atoms with Crippen LogP contribution in [0.5, 0.6) is 0 Å². The van der Waals surface area contributed by atoms with Gasteiger partial charge < -0.3 is 0 Å². The van der Waals surface area contributed by atoms with Crippen molar-refractivity contribution in [1.29, 1.82) is 0 Å². The molecule has 2 heterocycles. The third-order valence-corrected chi connectivity index (χ3v) is 65.5. The SMILES string of the molecule is [Si]1[Si]P2[Si][Si]P([Si]1)[Si]2. The summed E-state index contributed by atoms with van der Waals surface area (Å²) in [6.45, 7) is 1.50. The maximum atomic E-state index is 1.55. The Morgan fingerprint density at radius 2 is 1.38 bits per heavy atom. The monoisotopic (exact) mass is 230 g/mol. The molecule has 2 unspecified atom stereocenters. The fraction of sp³-hybridized carbons (Fsp3) is 0. The summed E-state index contributed by atoms with van der Waals surface area (Å²) in [4.78, 5) is 0. The summed E-state index contributed by atoms with van der Waals surface area (Å²) >= 11 is 0. The van der Waals surface area contributed by atoms with E-state index in [4.69, 9.17) is 0 Å². The van der Waals surface area contributed by atoms with Crippen molar-refractivity contribution in [1.82, 2.24) is 0 Å². The van der Waals surface area contributed by atoms with Gasteiger partial charge in [0.1, 0.15) is 0 Å². The number of rotatable bonds is 0. The van der Waals surface area contributed by atoms with Crippen molar-refractivity contribution in [2.75, 3.05) is 0 Å². The smallest absolute Gasteiger partial charge is 0.0896 e. The molecular weight excluding hydrogens is 230 g/mol. The minimum Gasteiger partial charge on any atom is -0.153 e. The van der Waals surface area contributed by atoms with Crippen LogP contribution >= 0.6 is 13.1 Å². The highest BCUT2D eigenvalue weighted by atomic mass is 32.1. The average molecular weight is 230 g/mol. The van der Waals surface area contributed by atoms with Crippen LogP contribution in [0.2, 0.25) is 0 Å². The van der Waals surface area contributed by atoms with Crippen LogP contribution in [0.3, 0.4) is 0 Å². The molecule has 0 aromatic carbocycles. The van der Waals surface area contributed by atoms with Gasteiger partial charge in [0.25, 0.3) is 0 Å². The fourth-order valence-corrected chi connectivity index (χ4v) is 120. The topological polar surface area (TPSA) is 0 Å². The Kier molecular flexibility index (Phi) is 2.60. The van der Waals surface area contributed by atoms with Crippen LogP contribution in [0.1, 0.15) is 0 Å². The van der Waals surface area contributed by atoms with Gasteiger partial charge in [0, 0.05) is 26.0 Å². The Balaban J connectivity index is 2.03. The molecule has 0 aromatic heterocycles. The third-order valence-electron chi connectivity index (χ3n) is 0.809. The number of hydrogen-bond acceptors (Lipinski definition) is 0. The van der Waals surface area contributed by atoms with Gasteiger partial charge in [0.05, 0.1) is 26.3 Å². The molecule has 0 aromatic rings. The summed E-state index contributed by atoms with van der Waals surface area (Å²) in [7, 11) is 8.98. The summed E-state index contributed by atoms with van der Waals surface area (Å²) < 4.78 is 0. The lowest BCUT2D eigenvalue weighted by atomic mass is 26.5. The van der Waals surface area contributed by atoms with Crippen LogP contribution in [0.15, 0.2) is 0 Å². The second-order valence-electron chi connectivity index (χ2n) is 1.34. The second kappa shape index (κ2) is 3.04. The minimum atomic E-state index is 0.748. The van der Waals surface area contributed by atoms with E-state index >= 15 is 0 Å². The predicted octanol–water partition coefficient (Wildman–Crippen LogP) is -0.562. The highest BCUT2D eigenvalue weighted by molar-refractivity contribution is 8.62. The zero-order chi connectivity index (χ0) is 5.40. The van der Waals surface area contributed by atoms with E-state index in [0.29, 0.717) is 0 Å². The maximum Gasteiger partial charge on any atom is 0.0896 e. The standard InChI is InChI=1S/P2Si6/c3-1-4-5-2(3)7-8-6-1. The van der Waals surface area contributed by atoms with E-state index in [9.17, 15) is 0 Å². The van der Waals surface area contributed by atoms with Gasteiger partial charge in [-0.1, -0.05) is 0 Å². The van der Waals surface area contributed by atoms with Crippen LogP contribution in [0, 0.1) is 0 Å². The van der Waals surface area contributed by atoms with Gasteiger partial charge in [-0.2, -0.15) is 13.1 Å². The van der Waals surface area contributed by atoms with Gasteiger partial charge in [0.15, 0.2) is 0 Å². The zero-order valence-corrected chi connectivity index (χ0v) is 11.7. The van der Waals surface area contributed by atoms with Gasteiger partial charge in [-0.25, -0.2) is 0 Å². The molecular formula is P2Si6. The summed E-state index contributed by atoms with van der Waals surface area (Å²) in [5.41, 5.74) is 0. The lowest BCUT2D eigenvalue weighted by Gasteiger charge is -2.15. The second-order valence-corrected chi connectivity index (χ2v) is 36.3. The molecule has 2 atom stereocenters. The highest BCUT2D eigenvalue weighted by Crippen LogP contribution is 2.53. The van der Waals surface area contributed by atoms with E-state index in [1.807, 2.05) is 0 Å². The molecule has 8 heavy (non-hydrogen) atoms. The van der Waals surface area contributed by atoms with Gasteiger partial charge in [0.2, 0.25) is 0 Å². The first-order valence-corrected chi connectivity index (χ1v) is 18.8. The Morgan fingerprint density at radius 3 is 1.88 bits per heavy atom. The largest absolute Gasteiger partial charge is 0.153 e. The van der Waals surface area contributed by atoms with Crippen LogP contribution in [-0.4, -0.2) is 52.2 Å². The van der Waals surface area contributed by atoms with Crippen molar-refractivity contribution in [2.45, 2.75) is 0 Å². The van der Waals surface area contributed by atoms with Gasteiger partial charge in [-0.3, -0.25) is 0 Å². The summed E-state index contributed by atoms with van der Waals surface area (Å²) in [6.07, 6.45) is 0. The van der Waals surface area contributed by atoms with E-state index < -0.39 is 0 Å². The van der Waals surface area contributed by atoms with Crippen LogP contribution in [0.25, 0.3) is 0 Å². The molecule has 0 N–H and O–H groups in total. The van der Waals surface area contributed by atoms with Crippen molar-refractivity contribution in [3.05, 3.63) is 0 Å². The van der Waals surface area contributed by atoms with E-state index in [-0.39, 0.29) is 0 Å². The Bertz CT molecular complexity index is 78.5. The highest BCUT2D eigenvalue weighted by Gasteiger charge is 2.30. The molecule has 0 amide bonds. The molecule has 2 aliphatic heterocycles. The van der Waals surface area contributed by atoms with Crippen molar-refractivity contribution >= 4 is 65.4 Å². The molecule has 8 heteroatoms. The average Bonchev–Trinajstić information content (AvgIpc) is 2.12. The lowest BCUT2D eigenvalue weighted by molar-refractivity contribution is 3.96. The molecule has 0 saturated carbocycles. The van der Waals surface area contributed by atoms with E-state index in [0.717, 1.165) is 13.1 Å². The maximum absolute atomic E-state index is 1.55. The predicted molar refractivity (Wildman–Crippen MR) is 48.4 cm³/mol.